The van der Waals surface area contributed by atoms with Gasteiger partial charge < -0.3 is 20.9 Å². The van der Waals surface area contributed by atoms with Crippen molar-refractivity contribution >= 4 is 29.2 Å². The van der Waals surface area contributed by atoms with E-state index >= 15 is 0 Å². The molecule has 0 saturated heterocycles. The molecule has 6 nitrogen and oxygen atoms in total. The average Bonchev–Trinajstić information content (AvgIpc) is 2.37. The normalized spacial score (nSPS) is 11.1. The third-order valence-electron chi connectivity index (χ3n) is 2.79. The molecule has 0 unspecified atom stereocenters. The van der Waals surface area contributed by atoms with E-state index in [0.29, 0.717) is 12.1 Å². The molecule has 0 fully saturated rings. The number of carbonyl (C=O) groups is 2. The van der Waals surface area contributed by atoms with Crippen LogP contribution in [0.1, 0.15) is 37.0 Å². The first kappa shape index (κ1) is 17.3. The molecule has 1 rings (SSSR count). The number of amides is 1. The van der Waals surface area contributed by atoms with E-state index in [2.05, 4.69) is 5.32 Å². The Hall–Kier alpha value is -1.79. The zero-order valence-electron chi connectivity index (χ0n) is 12.2. The van der Waals surface area contributed by atoms with E-state index in [1.165, 1.54) is 19.2 Å². The number of nitrogens with two attached hydrogens (primary N) is 1. The lowest BCUT2D eigenvalue weighted by Crippen LogP contribution is -2.33. The summed E-state index contributed by atoms with van der Waals surface area (Å²) < 4.78 is 4.99. The van der Waals surface area contributed by atoms with Gasteiger partial charge in [0.1, 0.15) is 11.3 Å². The molecule has 0 aliphatic rings. The second-order valence-electron chi connectivity index (χ2n) is 5.37. The van der Waals surface area contributed by atoms with E-state index in [4.69, 9.17) is 27.2 Å². The molecule has 1 amide bonds. The Labute approximate surface area is 128 Å². The van der Waals surface area contributed by atoms with Crippen LogP contribution in [0.25, 0.3) is 0 Å². The summed E-state index contributed by atoms with van der Waals surface area (Å²) in [6, 6.07) is 2.63. The van der Waals surface area contributed by atoms with Crippen LogP contribution in [0, 0.1) is 0 Å². The first-order chi connectivity index (χ1) is 9.64. The Bertz CT molecular complexity index is 553. The average molecular weight is 315 g/mol. The molecule has 0 spiro atoms. The van der Waals surface area contributed by atoms with Crippen LogP contribution in [-0.4, -0.2) is 29.6 Å². The summed E-state index contributed by atoms with van der Waals surface area (Å²) in [7, 11) is 1.35. The number of hydrogen-bond acceptors (Lipinski definition) is 4. The molecule has 116 valence electrons. The third kappa shape index (κ3) is 5.24. The SMILES string of the molecule is COc1cc(NC(=O)CCC(C)(C)N)c(Cl)cc1C(=O)O. The van der Waals surface area contributed by atoms with Crippen molar-refractivity contribution < 1.29 is 19.4 Å². The van der Waals surface area contributed by atoms with Crippen molar-refractivity contribution in [2.45, 2.75) is 32.2 Å². The van der Waals surface area contributed by atoms with Crippen molar-refractivity contribution in [2.75, 3.05) is 12.4 Å². The van der Waals surface area contributed by atoms with Crippen LogP contribution in [0.5, 0.6) is 5.75 Å². The van der Waals surface area contributed by atoms with E-state index in [9.17, 15) is 9.59 Å². The number of benzene rings is 1. The molecule has 0 atom stereocenters. The van der Waals surface area contributed by atoms with Gasteiger partial charge in [-0.3, -0.25) is 4.79 Å². The van der Waals surface area contributed by atoms with E-state index in [0.717, 1.165) is 0 Å². The summed E-state index contributed by atoms with van der Waals surface area (Å²) in [5, 5.41) is 11.8. The molecule has 0 heterocycles. The molecule has 0 saturated carbocycles. The minimum absolute atomic E-state index is 0.0661. The summed E-state index contributed by atoms with van der Waals surface area (Å²) in [6.45, 7) is 3.66. The van der Waals surface area contributed by atoms with Gasteiger partial charge in [-0.05, 0) is 26.3 Å². The predicted octanol–water partition coefficient (Wildman–Crippen LogP) is 2.50. The van der Waals surface area contributed by atoms with Gasteiger partial charge in [-0.1, -0.05) is 11.6 Å². The second-order valence-corrected chi connectivity index (χ2v) is 5.78. The van der Waals surface area contributed by atoms with Gasteiger partial charge in [-0.15, -0.1) is 0 Å². The van der Waals surface area contributed by atoms with Gasteiger partial charge in [0, 0.05) is 18.0 Å². The summed E-state index contributed by atoms with van der Waals surface area (Å²) in [5.41, 5.74) is 5.61. The summed E-state index contributed by atoms with van der Waals surface area (Å²) in [5.74, 6) is -1.28. The van der Waals surface area contributed by atoms with Crippen LogP contribution in [0.15, 0.2) is 12.1 Å². The Balaban J connectivity index is 2.89. The molecule has 4 N–H and O–H groups in total. The molecule has 0 radical (unpaired) electrons. The highest BCUT2D eigenvalue weighted by Crippen LogP contribution is 2.31. The maximum Gasteiger partial charge on any atom is 0.339 e. The van der Waals surface area contributed by atoms with Gasteiger partial charge in [0.15, 0.2) is 0 Å². The van der Waals surface area contributed by atoms with Gasteiger partial charge in [-0.2, -0.15) is 0 Å². The van der Waals surface area contributed by atoms with Crippen LogP contribution >= 0.6 is 11.6 Å². The fourth-order valence-electron chi connectivity index (χ4n) is 1.63. The number of nitrogens with one attached hydrogen (secondary N) is 1. The monoisotopic (exact) mass is 314 g/mol. The largest absolute Gasteiger partial charge is 0.496 e. The van der Waals surface area contributed by atoms with Crippen LogP contribution in [0.4, 0.5) is 5.69 Å². The third-order valence-corrected chi connectivity index (χ3v) is 3.10. The van der Waals surface area contributed by atoms with E-state index in [1.807, 2.05) is 13.8 Å². The van der Waals surface area contributed by atoms with Gasteiger partial charge in [-0.25, -0.2) is 4.79 Å². The molecular formula is C14H19ClN2O4. The van der Waals surface area contributed by atoms with Gasteiger partial charge in [0.25, 0.3) is 0 Å². The first-order valence-electron chi connectivity index (χ1n) is 6.33. The number of methoxy groups -OCH3 is 1. The smallest absolute Gasteiger partial charge is 0.339 e. The van der Waals surface area contributed by atoms with E-state index < -0.39 is 11.5 Å². The number of carboxylic acid groups (broad SMARTS) is 1. The maximum absolute atomic E-state index is 11.8. The Kier molecular flexibility index (Phi) is 5.57. The zero-order valence-corrected chi connectivity index (χ0v) is 13.0. The molecule has 0 aliphatic heterocycles. The van der Waals surface area contributed by atoms with Crippen molar-refractivity contribution in [3.63, 3.8) is 0 Å². The molecule has 1 aromatic rings. The first-order valence-corrected chi connectivity index (χ1v) is 6.71. The summed E-state index contributed by atoms with van der Waals surface area (Å²) in [6.07, 6.45) is 0.754. The van der Waals surface area contributed by atoms with Gasteiger partial charge in [0.2, 0.25) is 5.91 Å². The topological polar surface area (TPSA) is 102 Å². The molecule has 0 aromatic heterocycles. The standard InChI is InChI=1S/C14H19ClN2O4/c1-14(2,16)5-4-12(18)17-10-7-11(21-3)8(13(19)20)6-9(10)15/h6-7H,4-5,16H2,1-3H3,(H,17,18)(H,19,20). The predicted molar refractivity (Wildman–Crippen MR) is 81.1 cm³/mol. The molecule has 0 bridgehead atoms. The minimum Gasteiger partial charge on any atom is -0.496 e. The molecule has 7 heteroatoms. The molecule has 1 aromatic carbocycles. The number of rotatable bonds is 6. The quantitative estimate of drug-likeness (QED) is 0.748. The van der Waals surface area contributed by atoms with Crippen LogP contribution in [0.2, 0.25) is 5.02 Å². The van der Waals surface area contributed by atoms with Crippen molar-refractivity contribution in [1.29, 1.82) is 0 Å². The van der Waals surface area contributed by atoms with Crippen molar-refractivity contribution in [2.24, 2.45) is 5.73 Å². The second kappa shape index (κ2) is 6.78. The minimum atomic E-state index is -1.16. The fraction of sp³-hybridized carbons (Fsp3) is 0.429. The number of carbonyl (C=O) groups excluding carboxylic acids is 1. The number of halogens is 1. The number of hydrogen-bond donors (Lipinski definition) is 3. The van der Waals surface area contributed by atoms with Crippen molar-refractivity contribution in [3.8, 4) is 5.75 Å². The van der Waals surface area contributed by atoms with Crippen LogP contribution in [-0.2, 0) is 4.79 Å². The molecule has 21 heavy (non-hydrogen) atoms. The van der Waals surface area contributed by atoms with Crippen LogP contribution < -0.4 is 15.8 Å². The lowest BCUT2D eigenvalue weighted by Gasteiger charge is -2.18. The number of carboxylic acids is 1. The maximum atomic E-state index is 11.8. The van der Waals surface area contributed by atoms with Gasteiger partial charge in [0.05, 0.1) is 17.8 Å². The lowest BCUT2D eigenvalue weighted by atomic mass is 10.00. The molecular weight excluding hydrogens is 296 g/mol. The van der Waals surface area contributed by atoms with Crippen molar-refractivity contribution in [1.82, 2.24) is 0 Å². The highest BCUT2D eigenvalue weighted by molar-refractivity contribution is 6.34. The molecule has 0 aliphatic carbocycles. The highest BCUT2D eigenvalue weighted by Gasteiger charge is 2.17. The zero-order chi connectivity index (χ0) is 16.2. The Morgan fingerprint density at radius 3 is 2.52 bits per heavy atom. The van der Waals surface area contributed by atoms with E-state index in [-0.39, 0.29) is 28.7 Å². The fourth-order valence-corrected chi connectivity index (χ4v) is 1.84. The van der Waals surface area contributed by atoms with Crippen LogP contribution in [0.3, 0.4) is 0 Å². The summed E-state index contributed by atoms with van der Waals surface area (Å²) in [4.78, 5) is 22.9. The number of ether oxygens (including phenoxy) is 1. The van der Waals surface area contributed by atoms with Crippen molar-refractivity contribution in [3.05, 3.63) is 22.7 Å². The Morgan fingerprint density at radius 1 is 1.43 bits per heavy atom. The number of aromatic carboxylic acids is 1. The van der Waals surface area contributed by atoms with Gasteiger partial charge >= 0.3 is 5.97 Å². The lowest BCUT2D eigenvalue weighted by molar-refractivity contribution is -0.116. The van der Waals surface area contributed by atoms with E-state index in [1.54, 1.807) is 0 Å². The highest BCUT2D eigenvalue weighted by atomic mass is 35.5. The Morgan fingerprint density at radius 2 is 2.05 bits per heavy atom. The number of anilines is 1. The summed E-state index contributed by atoms with van der Waals surface area (Å²) >= 11 is 5.98.